The van der Waals surface area contributed by atoms with Gasteiger partial charge >= 0.3 is 0 Å². The van der Waals surface area contributed by atoms with E-state index in [2.05, 4.69) is 60.1 Å². The number of carbonyl (C=O) groups is 1. The van der Waals surface area contributed by atoms with Crippen LogP contribution in [0.1, 0.15) is 22.3 Å². The van der Waals surface area contributed by atoms with Gasteiger partial charge in [0.1, 0.15) is 0 Å². The smallest absolute Gasteiger partial charge is 0.231 e. The summed E-state index contributed by atoms with van der Waals surface area (Å²) in [5.41, 5.74) is 5.66. The van der Waals surface area contributed by atoms with Crippen LogP contribution in [0.5, 0.6) is 0 Å². The number of amides is 1. The van der Waals surface area contributed by atoms with Crippen LogP contribution >= 0.6 is 0 Å². The van der Waals surface area contributed by atoms with Crippen molar-refractivity contribution in [1.82, 2.24) is 4.98 Å². The highest BCUT2D eigenvalue weighted by Crippen LogP contribution is 2.32. The molecule has 142 valence electrons. The number of rotatable bonds is 4. The number of nitrogens with zero attached hydrogens (tertiary/aromatic N) is 3. The SMILES string of the molecule is Cc1ccc(CC(=O)N2CCN(Cc3ccc(C)cc3)c3ncccc32)cc1. The van der Waals surface area contributed by atoms with Crippen molar-refractivity contribution < 1.29 is 4.79 Å². The van der Waals surface area contributed by atoms with Gasteiger partial charge in [-0.1, -0.05) is 59.7 Å². The lowest BCUT2D eigenvalue weighted by Crippen LogP contribution is -2.44. The number of hydrogen-bond acceptors (Lipinski definition) is 3. The van der Waals surface area contributed by atoms with Gasteiger partial charge in [-0.25, -0.2) is 4.98 Å². The molecule has 0 N–H and O–H groups in total. The zero-order valence-corrected chi connectivity index (χ0v) is 16.4. The van der Waals surface area contributed by atoms with Gasteiger partial charge < -0.3 is 9.80 Å². The number of aromatic nitrogens is 1. The lowest BCUT2D eigenvalue weighted by Gasteiger charge is -2.36. The fourth-order valence-electron chi connectivity index (χ4n) is 3.59. The Labute approximate surface area is 166 Å². The molecule has 0 saturated heterocycles. The van der Waals surface area contributed by atoms with Gasteiger partial charge in [0.15, 0.2) is 5.82 Å². The number of benzene rings is 2. The second-order valence-electron chi connectivity index (χ2n) is 7.46. The number of anilines is 2. The van der Waals surface area contributed by atoms with Crippen LogP contribution in [0.4, 0.5) is 11.5 Å². The van der Waals surface area contributed by atoms with Crippen LogP contribution in [0.2, 0.25) is 0 Å². The molecule has 1 aromatic heterocycles. The summed E-state index contributed by atoms with van der Waals surface area (Å²) in [6.45, 7) is 6.40. The summed E-state index contributed by atoms with van der Waals surface area (Å²) in [6.07, 6.45) is 2.21. The van der Waals surface area contributed by atoms with E-state index in [1.165, 1.54) is 16.7 Å². The molecule has 0 atom stereocenters. The molecule has 2 heterocycles. The summed E-state index contributed by atoms with van der Waals surface area (Å²) in [5.74, 6) is 1.000. The van der Waals surface area contributed by atoms with Gasteiger partial charge in [0, 0.05) is 25.8 Å². The normalized spacial score (nSPS) is 13.4. The van der Waals surface area contributed by atoms with Gasteiger partial charge in [0.2, 0.25) is 5.91 Å². The highest BCUT2D eigenvalue weighted by molar-refractivity contribution is 5.98. The van der Waals surface area contributed by atoms with Crippen molar-refractivity contribution in [2.75, 3.05) is 22.9 Å². The summed E-state index contributed by atoms with van der Waals surface area (Å²) in [4.78, 5) is 21.7. The molecular weight excluding hydrogens is 346 g/mol. The average Bonchev–Trinajstić information content (AvgIpc) is 2.71. The van der Waals surface area contributed by atoms with Gasteiger partial charge in [-0.3, -0.25) is 4.79 Å². The molecule has 4 nitrogen and oxygen atoms in total. The van der Waals surface area contributed by atoms with E-state index in [0.29, 0.717) is 13.0 Å². The van der Waals surface area contributed by atoms with E-state index in [1.807, 2.05) is 29.2 Å². The predicted octanol–water partition coefficient (Wildman–Crippen LogP) is 4.29. The number of fused-ring (bicyclic) bond motifs is 1. The Morgan fingerprint density at radius 2 is 1.54 bits per heavy atom. The molecule has 1 aliphatic rings. The molecule has 0 bridgehead atoms. The van der Waals surface area contributed by atoms with E-state index in [9.17, 15) is 4.79 Å². The Kier molecular flexibility index (Phi) is 5.11. The number of pyridine rings is 1. The van der Waals surface area contributed by atoms with Crippen LogP contribution in [0.3, 0.4) is 0 Å². The number of carbonyl (C=O) groups excluding carboxylic acids is 1. The van der Waals surface area contributed by atoms with Crippen molar-refractivity contribution >= 4 is 17.4 Å². The van der Waals surface area contributed by atoms with E-state index in [1.54, 1.807) is 6.20 Å². The lowest BCUT2D eigenvalue weighted by atomic mass is 10.1. The Hall–Kier alpha value is -3.14. The summed E-state index contributed by atoms with van der Waals surface area (Å²) >= 11 is 0. The number of hydrogen-bond donors (Lipinski definition) is 0. The van der Waals surface area contributed by atoms with Crippen molar-refractivity contribution in [2.24, 2.45) is 0 Å². The first-order valence-electron chi connectivity index (χ1n) is 9.71. The second-order valence-corrected chi connectivity index (χ2v) is 7.46. The maximum atomic E-state index is 13.0. The molecular formula is C24H25N3O. The standard InChI is InChI=1S/C24H25N3O/c1-18-5-9-20(10-6-18)16-23(28)27-15-14-26(24-22(27)4-3-13-25-24)17-21-11-7-19(2)8-12-21/h3-13H,14-17H2,1-2H3. The zero-order chi connectivity index (χ0) is 19.5. The van der Waals surface area contributed by atoms with Gasteiger partial charge in [0.05, 0.1) is 12.1 Å². The third-order valence-corrected chi connectivity index (χ3v) is 5.22. The summed E-state index contributed by atoms with van der Waals surface area (Å²) in [7, 11) is 0. The maximum absolute atomic E-state index is 13.0. The molecule has 2 aromatic carbocycles. The summed E-state index contributed by atoms with van der Waals surface area (Å²) in [6, 6.07) is 20.7. The average molecular weight is 371 g/mol. The largest absolute Gasteiger partial charge is 0.349 e. The molecule has 1 amide bonds. The predicted molar refractivity (Wildman–Crippen MR) is 114 cm³/mol. The molecule has 0 spiro atoms. The second kappa shape index (κ2) is 7.85. The minimum absolute atomic E-state index is 0.119. The quantitative estimate of drug-likeness (QED) is 0.686. The maximum Gasteiger partial charge on any atom is 0.231 e. The molecule has 4 rings (SSSR count). The van der Waals surface area contributed by atoms with Gasteiger partial charge in [-0.2, -0.15) is 0 Å². The molecule has 1 aliphatic heterocycles. The van der Waals surface area contributed by atoms with Crippen LogP contribution < -0.4 is 9.80 Å². The van der Waals surface area contributed by atoms with Gasteiger partial charge in [0.25, 0.3) is 0 Å². The van der Waals surface area contributed by atoms with Crippen LogP contribution in [0.25, 0.3) is 0 Å². The first-order valence-corrected chi connectivity index (χ1v) is 9.71. The highest BCUT2D eigenvalue weighted by Gasteiger charge is 2.27. The minimum Gasteiger partial charge on any atom is -0.349 e. The van der Waals surface area contributed by atoms with Crippen molar-refractivity contribution in [2.45, 2.75) is 26.8 Å². The molecule has 0 unspecified atom stereocenters. The summed E-state index contributed by atoms with van der Waals surface area (Å²) < 4.78 is 0. The molecule has 4 heteroatoms. The van der Waals surface area contributed by atoms with Crippen LogP contribution in [-0.4, -0.2) is 24.0 Å². The Bertz CT molecular complexity index is 964. The third kappa shape index (κ3) is 3.91. The lowest BCUT2D eigenvalue weighted by molar-refractivity contribution is -0.118. The monoisotopic (exact) mass is 371 g/mol. The van der Waals surface area contributed by atoms with Crippen LogP contribution in [0, 0.1) is 13.8 Å². The molecule has 28 heavy (non-hydrogen) atoms. The van der Waals surface area contributed by atoms with Crippen molar-refractivity contribution in [3.8, 4) is 0 Å². The molecule has 0 saturated carbocycles. The van der Waals surface area contributed by atoms with Crippen molar-refractivity contribution in [3.05, 3.63) is 89.1 Å². The Morgan fingerprint density at radius 3 is 2.21 bits per heavy atom. The Balaban J connectivity index is 1.54. The van der Waals surface area contributed by atoms with Crippen molar-refractivity contribution in [3.63, 3.8) is 0 Å². The van der Waals surface area contributed by atoms with E-state index in [-0.39, 0.29) is 5.91 Å². The third-order valence-electron chi connectivity index (χ3n) is 5.22. The highest BCUT2D eigenvalue weighted by atomic mass is 16.2. The topological polar surface area (TPSA) is 36.4 Å². The van der Waals surface area contributed by atoms with Crippen LogP contribution in [0.15, 0.2) is 66.9 Å². The van der Waals surface area contributed by atoms with Gasteiger partial charge in [-0.15, -0.1) is 0 Å². The van der Waals surface area contributed by atoms with E-state index < -0.39 is 0 Å². The molecule has 0 fully saturated rings. The Morgan fingerprint density at radius 1 is 0.893 bits per heavy atom. The van der Waals surface area contributed by atoms with E-state index in [4.69, 9.17) is 0 Å². The molecule has 0 aliphatic carbocycles. The zero-order valence-electron chi connectivity index (χ0n) is 16.4. The first kappa shape index (κ1) is 18.2. The van der Waals surface area contributed by atoms with Crippen LogP contribution in [-0.2, 0) is 17.8 Å². The van der Waals surface area contributed by atoms with Gasteiger partial charge in [-0.05, 0) is 37.1 Å². The fourth-order valence-corrected chi connectivity index (χ4v) is 3.59. The first-order chi connectivity index (χ1) is 13.6. The number of aryl methyl sites for hydroxylation is 2. The fraction of sp³-hybridized carbons (Fsp3) is 0.250. The summed E-state index contributed by atoms with van der Waals surface area (Å²) in [5, 5.41) is 0. The van der Waals surface area contributed by atoms with E-state index in [0.717, 1.165) is 30.2 Å². The van der Waals surface area contributed by atoms with Crippen molar-refractivity contribution in [1.29, 1.82) is 0 Å². The molecule has 3 aromatic rings. The molecule has 0 radical (unpaired) electrons. The minimum atomic E-state index is 0.119. The van der Waals surface area contributed by atoms with E-state index >= 15 is 0 Å².